The molecule has 0 bridgehead atoms. The van der Waals surface area contributed by atoms with E-state index in [4.69, 9.17) is 18.3 Å². The highest BCUT2D eigenvalue weighted by molar-refractivity contribution is 6.99. The zero-order valence-electron chi connectivity index (χ0n) is 30.6. The van der Waals surface area contributed by atoms with Crippen molar-refractivity contribution in [3.05, 3.63) is 84.5 Å². The number of rotatable bonds is 14. The molecular weight excluding hydrogens is 605 g/mol. The lowest BCUT2D eigenvalue weighted by atomic mass is 9.83. The second kappa shape index (κ2) is 15.7. The van der Waals surface area contributed by atoms with Gasteiger partial charge < -0.3 is 18.3 Å². The number of hydrogen-bond donors (Lipinski definition) is 0. The Morgan fingerprint density at radius 1 is 0.891 bits per heavy atom. The first-order valence-corrected chi connectivity index (χ1v) is 21.7. The summed E-state index contributed by atoms with van der Waals surface area (Å²) in [5.74, 6) is -0.144. The molecule has 1 fully saturated rings. The van der Waals surface area contributed by atoms with Crippen LogP contribution in [0.3, 0.4) is 0 Å². The molecule has 46 heavy (non-hydrogen) atoms. The normalized spacial score (nSPS) is 21.4. The first-order chi connectivity index (χ1) is 21.4. The molecule has 3 rings (SSSR count). The van der Waals surface area contributed by atoms with E-state index in [1.54, 1.807) is 7.11 Å². The van der Waals surface area contributed by atoms with Crippen molar-refractivity contribution in [1.29, 1.82) is 0 Å². The summed E-state index contributed by atoms with van der Waals surface area (Å²) in [5, 5.41) is 2.56. The lowest BCUT2D eigenvalue weighted by molar-refractivity contribution is -0.146. The Morgan fingerprint density at radius 2 is 1.43 bits per heavy atom. The molecule has 5 atom stereocenters. The smallest absolute Gasteiger partial charge is 0.309 e. The van der Waals surface area contributed by atoms with Gasteiger partial charge in [0.15, 0.2) is 8.32 Å². The van der Waals surface area contributed by atoms with Gasteiger partial charge in [-0.3, -0.25) is 4.79 Å². The third kappa shape index (κ3) is 8.98. The average Bonchev–Trinajstić information content (AvgIpc) is 3.27. The quantitative estimate of drug-likeness (QED) is 0.116. The van der Waals surface area contributed by atoms with Gasteiger partial charge in [0.1, 0.15) is 6.10 Å². The Hall–Kier alpha value is -2.30. The molecule has 1 aliphatic rings. The Kier molecular flexibility index (Phi) is 13.1. The molecule has 1 heterocycles. The summed E-state index contributed by atoms with van der Waals surface area (Å²) < 4.78 is 25.3. The van der Waals surface area contributed by atoms with E-state index in [1.807, 2.05) is 12.2 Å². The maximum Gasteiger partial charge on any atom is 0.309 e. The molecule has 1 saturated heterocycles. The maximum absolute atomic E-state index is 13.2. The van der Waals surface area contributed by atoms with Crippen LogP contribution in [0.5, 0.6) is 0 Å². The van der Waals surface area contributed by atoms with Gasteiger partial charge in [-0.1, -0.05) is 140 Å². The minimum Gasteiger partial charge on any atom is -0.461 e. The topological polar surface area (TPSA) is 54.0 Å². The van der Waals surface area contributed by atoms with E-state index in [0.29, 0.717) is 19.6 Å². The van der Waals surface area contributed by atoms with Gasteiger partial charge >= 0.3 is 5.97 Å². The number of esters is 1. The largest absolute Gasteiger partial charge is 0.461 e. The predicted molar refractivity (Wildman–Crippen MR) is 197 cm³/mol. The number of benzene rings is 2. The molecule has 2 aromatic carbocycles. The summed E-state index contributed by atoms with van der Waals surface area (Å²) in [6.07, 6.45) is 6.52. The molecule has 5 nitrogen and oxygen atoms in total. The summed E-state index contributed by atoms with van der Waals surface area (Å²) in [4.78, 5) is 13.2. The molecule has 0 amide bonds. The van der Waals surface area contributed by atoms with Crippen LogP contribution in [0.4, 0.5) is 0 Å². The van der Waals surface area contributed by atoms with Crippen LogP contribution in [0.2, 0.25) is 23.2 Å². The molecule has 0 aliphatic carbocycles. The van der Waals surface area contributed by atoms with Crippen molar-refractivity contribution >= 4 is 33.0 Å². The fraction of sp³-hybridized carbons (Fsp3) is 0.564. The zero-order chi connectivity index (χ0) is 34.3. The first kappa shape index (κ1) is 38.2. The average molecular weight is 665 g/mol. The van der Waals surface area contributed by atoms with E-state index in [1.165, 1.54) is 10.4 Å². The molecule has 2 aromatic rings. The highest BCUT2D eigenvalue weighted by atomic mass is 28.4. The van der Waals surface area contributed by atoms with Gasteiger partial charge in [0, 0.05) is 25.6 Å². The van der Waals surface area contributed by atoms with Gasteiger partial charge in [-0.15, -0.1) is 0 Å². The zero-order valence-corrected chi connectivity index (χ0v) is 32.6. The number of carbonyl (C=O) groups excluding carboxylic acids is 1. The molecule has 0 N–H and O–H groups in total. The van der Waals surface area contributed by atoms with Gasteiger partial charge in [-0.25, -0.2) is 0 Å². The molecule has 1 aliphatic heterocycles. The second-order valence-corrected chi connectivity index (χ2v) is 24.9. The third-order valence-corrected chi connectivity index (χ3v) is 19.7. The molecular formula is C39H60O5Si2. The van der Waals surface area contributed by atoms with E-state index < -0.39 is 16.6 Å². The number of methoxy groups -OCH3 is 1. The predicted octanol–water partition coefficient (Wildman–Crippen LogP) is 8.31. The minimum absolute atomic E-state index is 0.0538. The summed E-state index contributed by atoms with van der Waals surface area (Å²) >= 11 is 0. The number of cyclic esters (lactones) is 1. The number of carbonyl (C=O) groups is 1. The van der Waals surface area contributed by atoms with Crippen molar-refractivity contribution in [3.63, 3.8) is 0 Å². The summed E-state index contributed by atoms with van der Waals surface area (Å²) in [6, 6.07) is 21.4. The second-order valence-electron chi connectivity index (χ2n) is 15.8. The summed E-state index contributed by atoms with van der Waals surface area (Å²) in [7, 11) is -2.80. The Labute approximate surface area is 282 Å². The SMILES string of the molecule is CO[C@H](/C=C/C=C(/C)C[C@@H]1C(=O)O[C@H]([C@H](C)CO[Si](c2ccccc2)(c2ccccc2)C(C)(C)C)[C@H]1C)CO[Si](C)(C)C(C)(C)C. The fourth-order valence-electron chi connectivity index (χ4n) is 6.26. The number of allylic oxidation sites excluding steroid dienone is 3. The van der Waals surface area contributed by atoms with E-state index in [-0.39, 0.29) is 46.0 Å². The van der Waals surface area contributed by atoms with Crippen LogP contribution >= 0.6 is 0 Å². The van der Waals surface area contributed by atoms with Gasteiger partial charge in [0.2, 0.25) is 0 Å². The van der Waals surface area contributed by atoms with Crippen LogP contribution < -0.4 is 10.4 Å². The van der Waals surface area contributed by atoms with Crippen LogP contribution in [0.25, 0.3) is 0 Å². The van der Waals surface area contributed by atoms with Crippen molar-refractivity contribution in [3.8, 4) is 0 Å². The van der Waals surface area contributed by atoms with Crippen LogP contribution in [-0.2, 0) is 23.1 Å². The maximum atomic E-state index is 13.2. The van der Waals surface area contributed by atoms with Gasteiger partial charge in [-0.05, 0) is 46.9 Å². The van der Waals surface area contributed by atoms with Crippen molar-refractivity contribution in [1.82, 2.24) is 0 Å². The summed E-state index contributed by atoms with van der Waals surface area (Å²) in [6.45, 7) is 25.6. The summed E-state index contributed by atoms with van der Waals surface area (Å²) in [5.41, 5.74) is 1.14. The molecule has 0 radical (unpaired) electrons. The van der Waals surface area contributed by atoms with Gasteiger partial charge in [0.05, 0.1) is 18.6 Å². The van der Waals surface area contributed by atoms with Crippen LogP contribution in [0.1, 0.15) is 68.7 Å². The van der Waals surface area contributed by atoms with Crippen LogP contribution in [0.15, 0.2) is 84.5 Å². The highest BCUT2D eigenvalue weighted by Gasteiger charge is 2.51. The first-order valence-electron chi connectivity index (χ1n) is 16.9. The highest BCUT2D eigenvalue weighted by Crippen LogP contribution is 2.40. The Balaban J connectivity index is 1.69. The lowest BCUT2D eigenvalue weighted by Gasteiger charge is -2.44. The van der Waals surface area contributed by atoms with Crippen molar-refractivity contribution < 1.29 is 23.1 Å². The van der Waals surface area contributed by atoms with E-state index in [2.05, 4.69) is 142 Å². The molecule has 254 valence electrons. The van der Waals surface area contributed by atoms with Crippen LogP contribution in [-0.4, -0.2) is 55.1 Å². The fourth-order valence-corrected chi connectivity index (χ4v) is 11.9. The van der Waals surface area contributed by atoms with E-state index in [9.17, 15) is 4.79 Å². The monoisotopic (exact) mass is 664 g/mol. The number of hydrogen-bond acceptors (Lipinski definition) is 5. The third-order valence-electron chi connectivity index (χ3n) is 10.2. The molecule has 0 unspecified atom stereocenters. The Morgan fingerprint density at radius 3 is 1.91 bits per heavy atom. The van der Waals surface area contributed by atoms with E-state index in [0.717, 1.165) is 5.57 Å². The van der Waals surface area contributed by atoms with Crippen molar-refractivity contribution in [2.45, 2.75) is 104 Å². The molecule has 0 saturated carbocycles. The molecule has 0 aromatic heterocycles. The minimum atomic E-state index is -2.67. The number of ether oxygens (including phenoxy) is 2. The van der Waals surface area contributed by atoms with Crippen LogP contribution in [0, 0.1) is 17.8 Å². The standard InChI is InChI=1S/C39H60O5Si2/c1-29(20-19-21-32(41-10)28-42-45(11,12)38(4,5)6)26-35-31(3)36(44-37(35)40)30(2)27-43-46(39(7,8)9,33-22-15-13-16-23-33)34-24-17-14-18-25-34/h13-25,30-32,35-36H,26-28H2,1-12H3/b21-19+,29-20-/t30-,31+,32-,35+,36-/m1/s1. The lowest BCUT2D eigenvalue weighted by Crippen LogP contribution is -2.67. The van der Waals surface area contributed by atoms with Crippen molar-refractivity contribution in [2.75, 3.05) is 20.3 Å². The van der Waals surface area contributed by atoms with Crippen molar-refractivity contribution in [2.24, 2.45) is 17.8 Å². The van der Waals surface area contributed by atoms with E-state index >= 15 is 0 Å². The Bertz CT molecular complexity index is 1270. The van der Waals surface area contributed by atoms with Gasteiger partial charge in [0.25, 0.3) is 8.32 Å². The van der Waals surface area contributed by atoms with Gasteiger partial charge in [-0.2, -0.15) is 0 Å². The molecule has 0 spiro atoms. The molecule has 7 heteroatoms.